The maximum Gasteiger partial charge on any atom is 0.224 e. The molecule has 4 unspecified atom stereocenters. The van der Waals surface area contributed by atoms with Gasteiger partial charge in [0.05, 0.1) is 11.8 Å². The minimum Gasteiger partial charge on any atom is -0.369 e. The Labute approximate surface area is 113 Å². The molecule has 3 rings (SSSR count). The van der Waals surface area contributed by atoms with Crippen LogP contribution in [0.3, 0.4) is 0 Å². The van der Waals surface area contributed by atoms with E-state index in [1.165, 1.54) is 19.3 Å². The highest BCUT2D eigenvalue weighted by atomic mass is 16.2. The summed E-state index contributed by atoms with van der Waals surface area (Å²) in [6, 6.07) is 0.304. The van der Waals surface area contributed by atoms with Gasteiger partial charge >= 0.3 is 0 Å². The van der Waals surface area contributed by atoms with E-state index >= 15 is 0 Å². The second-order valence-electron chi connectivity index (χ2n) is 6.25. The lowest BCUT2D eigenvalue weighted by Gasteiger charge is -2.29. The highest BCUT2D eigenvalue weighted by molar-refractivity contribution is 5.89. The van der Waals surface area contributed by atoms with Crippen molar-refractivity contribution in [1.29, 1.82) is 0 Å². The lowest BCUT2D eigenvalue weighted by atomic mass is 9.81. The summed E-state index contributed by atoms with van der Waals surface area (Å²) in [5.74, 6) is -0.392. The monoisotopic (exact) mass is 262 g/mol. The summed E-state index contributed by atoms with van der Waals surface area (Å²) in [5.41, 5.74) is 5.49. The Morgan fingerprint density at radius 3 is 2.26 bits per heavy atom. The van der Waals surface area contributed by atoms with Gasteiger partial charge < -0.3 is 11.1 Å². The molecule has 0 heterocycles. The van der Waals surface area contributed by atoms with Crippen molar-refractivity contribution in [2.75, 3.05) is 0 Å². The summed E-state index contributed by atoms with van der Waals surface area (Å²) < 4.78 is 0. The van der Waals surface area contributed by atoms with Crippen LogP contribution in [0.4, 0.5) is 0 Å². The van der Waals surface area contributed by atoms with Crippen LogP contribution >= 0.6 is 0 Å². The molecule has 0 radical (unpaired) electrons. The van der Waals surface area contributed by atoms with Crippen LogP contribution in [0.25, 0.3) is 0 Å². The van der Waals surface area contributed by atoms with Gasteiger partial charge in [0.15, 0.2) is 0 Å². The van der Waals surface area contributed by atoms with Gasteiger partial charge in [0.1, 0.15) is 0 Å². The normalized spacial score (nSPS) is 37.5. The van der Waals surface area contributed by atoms with E-state index in [2.05, 4.69) is 17.5 Å². The van der Waals surface area contributed by atoms with Gasteiger partial charge in [-0.3, -0.25) is 9.59 Å². The van der Waals surface area contributed by atoms with E-state index < -0.39 is 0 Å². The van der Waals surface area contributed by atoms with E-state index in [9.17, 15) is 9.59 Å². The molecule has 4 nitrogen and oxygen atoms in total. The van der Waals surface area contributed by atoms with Crippen molar-refractivity contribution in [3.63, 3.8) is 0 Å². The average molecular weight is 262 g/mol. The van der Waals surface area contributed by atoms with Crippen molar-refractivity contribution < 1.29 is 9.59 Å². The minimum atomic E-state index is -0.319. The number of carbonyl (C=O) groups is 2. The molecule has 0 aromatic carbocycles. The molecule has 0 saturated heterocycles. The molecule has 2 saturated carbocycles. The summed E-state index contributed by atoms with van der Waals surface area (Å²) in [4.78, 5) is 24.1. The molecule has 2 fully saturated rings. The minimum absolute atomic E-state index is 0.0487. The zero-order chi connectivity index (χ0) is 13.4. The molecular formula is C15H22N2O2. The summed E-state index contributed by atoms with van der Waals surface area (Å²) >= 11 is 0. The van der Waals surface area contributed by atoms with Crippen molar-refractivity contribution in [1.82, 2.24) is 5.32 Å². The first kappa shape index (κ1) is 12.7. The van der Waals surface area contributed by atoms with E-state index in [4.69, 9.17) is 5.73 Å². The van der Waals surface area contributed by atoms with Gasteiger partial charge in [-0.2, -0.15) is 0 Å². The molecule has 2 amide bonds. The fourth-order valence-electron chi connectivity index (χ4n) is 4.11. The number of allylic oxidation sites excluding steroid dienone is 2. The third-order valence-corrected chi connectivity index (χ3v) is 5.04. The van der Waals surface area contributed by atoms with Crippen LogP contribution in [0.5, 0.6) is 0 Å². The van der Waals surface area contributed by atoms with Gasteiger partial charge in [-0.05, 0) is 31.1 Å². The Kier molecular flexibility index (Phi) is 3.33. The molecule has 3 aliphatic rings. The van der Waals surface area contributed by atoms with Crippen LogP contribution in [0, 0.1) is 23.7 Å². The quantitative estimate of drug-likeness (QED) is 0.754. The average Bonchev–Trinajstić information content (AvgIpc) is 2.99. The number of fused-ring (bicyclic) bond motifs is 2. The molecular weight excluding hydrogens is 240 g/mol. The number of primary amides is 1. The molecule has 104 valence electrons. The largest absolute Gasteiger partial charge is 0.369 e. The van der Waals surface area contributed by atoms with Crippen LogP contribution in [-0.2, 0) is 9.59 Å². The predicted molar refractivity (Wildman–Crippen MR) is 71.9 cm³/mol. The van der Waals surface area contributed by atoms with Gasteiger partial charge in [-0.15, -0.1) is 0 Å². The predicted octanol–water partition coefficient (Wildman–Crippen LogP) is 1.36. The van der Waals surface area contributed by atoms with E-state index in [0.717, 1.165) is 19.3 Å². The molecule has 0 spiro atoms. The highest BCUT2D eigenvalue weighted by Gasteiger charge is 2.50. The Morgan fingerprint density at radius 1 is 1.00 bits per heavy atom. The fraction of sp³-hybridized carbons (Fsp3) is 0.733. The number of nitrogens with two attached hydrogens (primary N) is 1. The first-order chi connectivity index (χ1) is 9.16. The summed E-state index contributed by atoms with van der Waals surface area (Å²) in [7, 11) is 0. The van der Waals surface area contributed by atoms with Crippen LogP contribution in [-0.4, -0.2) is 17.9 Å². The van der Waals surface area contributed by atoms with Crippen LogP contribution in [0.1, 0.15) is 38.5 Å². The van der Waals surface area contributed by atoms with E-state index in [-0.39, 0.29) is 35.5 Å². The van der Waals surface area contributed by atoms with E-state index in [1.54, 1.807) is 0 Å². The second kappa shape index (κ2) is 4.99. The smallest absolute Gasteiger partial charge is 0.224 e. The Hall–Kier alpha value is -1.32. The lowest BCUT2D eigenvalue weighted by molar-refractivity contribution is -0.134. The molecule has 2 bridgehead atoms. The molecule has 3 aliphatic carbocycles. The van der Waals surface area contributed by atoms with Crippen molar-refractivity contribution in [3.05, 3.63) is 12.2 Å². The Morgan fingerprint density at radius 2 is 1.63 bits per heavy atom. The van der Waals surface area contributed by atoms with E-state index in [0.29, 0.717) is 6.04 Å². The SMILES string of the molecule is NC(=O)C1C2C=CC(C2)C1C(=O)NC1CCCCC1. The Balaban J connectivity index is 1.68. The maximum atomic E-state index is 12.5. The lowest BCUT2D eigenvalue weighted by Crippen LogP contribution is -2.46. The molecule has 3 N–H and O–H groups in total. The van der Waals surface area contributed by atoms with Crippen molar-refractivity contribution in [3.8, 4) is 0 Å². The zero-order valence-corrected chi connectivity index (χ0v) is 11.2. The zero-order valence-electron chi connectivity index (χ0n) is 11.2. The van der Waals surface area contributed by atoms with Gasteiger partial charge in [0.2, 0.25) is 11.8 Å². The number of carbonyl (C=O) groups excluding carboxylic acids is 2. The van der Waals surface area contributed by atoms with Crippen molar-refractivity contribution in [2.24, 2.45) is 29.4 Å². The first-order valence-electron chi connectivity index (χ1n) is 7.45. The number of nitrogens with one attached hydrogen (secondary N) is 1. The topological polar surface area (TPSA) is 72.2 Å². The molecule has 4 heteroatoms. The van der Waals surface area contributed by atoms with Gasteiger partial charge in [-0.25, -0.2) is 0 Å². The number of rotatable bonds is 3. The third-order valence-electron chi connectivity index (χ3n) is 5.04. The summed E-state index contributed by atoms with van der Waals surface area (Å²) in [6.45, 7) is 0. The summed E-state index contributed by atoms with van der Waals surface area (Å²) in [5, 5.41) is 3.15. The standard InChI is InChI=1S/C15H22N2O2/c16-14(18)12-9-6-7-10(8-9)13(12)15(19)17-11-4-2-1-3-5-11/h6-7,9-13H,1-5,8H2,(H2,16,18)(H,17,19). The maximum absolute atomic E-state index is 12.5. The molecule has 19 heavy (non-hydrogen) atoms. The van der Waals surface area contributed by atoms with Gasteiger partial charge in [0, 0.05) is 6.04 Å². The van der Waals surface area contributed by atoms with Gasteiger partial charge in [0.25, 0.3) is 0 Å². The van der Waals surface area contributed by atoms with Crippen molar-refractivity contribution >= 4 is 11.8 Å². The van der Waals surface area contributed by atoms with Crippen LogP contribution in [0.15, 0.2) is 12.2 Å². The highest BCUT2D eigenvalue weighted by Crippen LogP contribution is 2.48. The number of hydrogen-bond acceptors (Lipinski definition) is 2. The molecule has 0 aromatic rings. The fourth-order valence-corrected chi connectivity index (χ4v) is 4.11. The van der Waals surface area contributed by atoms with Crippen LogP contribution in [0.2, 0.25) is 0 Å². The van der Waals surface area contributed by atoms with Gasteiger partial charge in [-0.1, -0.05) is 31.4 Å². The van der Waals surface area contributed by atoms with Crippen molar-refractivity contribution in [2.45, 2.75) is 44.6 Å². The number of amides is 2. The second-order valence-corrected chi connectivity index (χ2v) is 6.25. The Bertz CT molecular complexity index is 412. The van der Waals surface area contributed by atoms with Crippen LogP contribution < -0.4 is 11.1 Å². The third kappa shape index (κ3) is 2.28. The van der Waals surface area contributed by atoms with E-state index in [1.807, 2.05) is 0 Å². The first-order valence-corrected chi connectivity index (χ1v) is 7.45. The number of hydrogen-bond donors (Lipinski definition) is 2. The molecule has 0 aliphatic heterocycles. The molecule has 4 atom stereocenters. The molecule has 0 aromatic heterocycles. The summed E-state index contributed by atoms with van der Waals surface area (Å²) in [6.07, 6.45) is 10.9.